The van der Waals surface area contributed by atoms with Gasteiger partial charge in [0.25, 0.3) is 11.8 Å². The first-order valence-corrected chi connectivity index (χ1v) is 11.0. The Kier molecular flexibility index (Phi) is 6.02. The van der Waals surface area contributed by atoms with Gasteiger partial charge in [0.2, 0.25) is 0 Å². The SMILES string of the molecule is Cc1cc2n[nH]nc2c(C(N)=O)c1NC(=O)c1cc(Cn2cc(C(F)(F)F)nn2)nn1-c1ncccc1Cl. The van der Waals surface area contributed by atoms with Gasteiger partial charge in [0, 0.05) is 6.20 Å². The molecule has 194 valence electrons. The number of anilines is 1. The molecule has 0 saturated carbocycles. The molecule has 0 aliphatic carbocycles. The number of fused-ring (bicyclic) bond motifs is 1. The third kappa shape index (κ3) is 4.52. The summed E-state index contributed by atoms with van der Waals surface area (Å²) >= 11 is 6.28. The molecule has 5 rings (SSSR count). The van der Waals surface area contributed by atoms with Crippen molar-refractivity contribution in [3.8, 4) is 5.82 Å². The summed E-state index contributed by atoms with van der Waals surface area (Å²) in [4.78, 5) is 29.9. The Morgan fingerprint density at radius 2 is 2.03 bits per heavy atom. The fraction of sp³-hybridized carbons (Fsp3) is 0.143. The third-order valence-corrected chi connectivity index (χ3v) is 5.67. The second-order valence-electron chi connectivity index (χ2n) is 7.99. The van der Waals surface area contributed by atoms with Crippen LogP contribution < -0.4 is 11.1 Å². The van der Waals surface area contributed by atoms with Crippen molar-refractivity contribution in [1.82, 2.24) is 45.2 Å². The molecule has 4 N–H and O–H groups in total. The molecule has 5 aromatic rings. The molecule has 13 nitrogen and oxygen atoms in total. The van der Waals surface area contributed by atoms with Crippen LogP contribution in [-0.4, -0.2) is 57.0 Å². The number of hydrogen-bond donors (Lipinski definition) is 3. The van der Waals surface area contributed by atoms with Crippen LogP contribution in [0.15, 0.2) is 36.7 Å². The number of rotatable bonds is 6. The lowest BCUT2D eigenvalue weighted by atomic mass is 10.0. The van der Waals surface area contributed by atoms with E-state index in [1.54, 1.807) is 19.1 Å². The highest BCUT2D eigenvalue weighted by molar-refractivity contribution is 6.32. The molecule has 38 heavy (non-hydrogen) atoms. The molecule has 4 heterocycles. The lowest BCUT2D eigenvalue weighted by Gasteiger charge is -2.13. The van der Waals surface area contributed by atoms with Crippen LogP contribution >= 0.6 is 11.6 Å². The second kappa shape index (κ2) is 9.22. The average molecular weight is 546 g/mol. The van der Waals surface area contributed by atoms with E-state index in [9.17, 15) is 22.8 Å². The van der Waals surface area contributed by atoms with Crippen LogP contribution in [-0.2, 0) is 12.7 Å². The van der Waals surface area contributed by atoms with Crippen LogP contribution in [0.25, 0.3) is 16.9 Å². The minimum Gasteiger partial charge on any atom is -0.365 e. The average Bonchev–Trinajstić information content (AvgIpc) is 3.59. The molecule has 0 aliphatic rings. The van der Waals surface area contributed by atoms with Gasteiger partial charge in [-0.3, -0.25) is 9.59 Å². The third-order valence-electron chi connectivity index (χ3n) is 5.38. The minimum absolute atomic E-state index is 0.0634. The van der Waals surface area contributed by atoms with Crippen LogP contribution in [0.4, 0.5) is 18.9 Å². The number of nitrogens with one attached hydrogen (secondary N) is 2. The molecule has 2 amide bonds. The Morgan fingerprint density at radius 1 is 1.24 bits per heavy atom. The number of benzene rings is 1. The first-order valence-electron chi connectivity index (χ1n) is 10.7. The van der Waals surface area contributed by atoms with Gasteiger partial charge in [0.05, 0.1) is 34.7 Å². The summed E-state index contributed by atoms with van der Waals surface area (Å²) in [5.41, 5.74) is 5.48. The van der Waals surface area contributed by atoms with E-state index in [0.29, 0.717) is 17.3 Å². The maximum Gasteiger partial charge on any atom is 0.436 e. The molecule has 0 aliphatic heterocycles. The van der Waals surface area contributed by atoms with Crippen molar-refractivity contribution in [2.45, 2.75) is 19.6 Å². The minimum atomic E-state index is -4.68. The number of aromatic nitrogens is 9. The molecule has 1 aromatic carbocycles. The van der Waals surface area contributed by atoms with Crippen molar-refractivity contribution < 1.29 is 22.8 Å². The Labute approximate surface area is 214 Å². The van der Waals surface area contributed by atoms with Crippen LogP contribution in [0.5, 0.6) is 0 Å². The van der Waals surface area contributed by atoms with E-state index in [0.717, 1.165) is 9.36 Å². The summed E-state index contributed by atoms with van der Waals surface area (Å²) in [6.45, 7) is 1.38. The van der Waals surface area contributed by atoms with E-state index in [1.165, 1.54) is 18.3 Å². The van der Waals surface area contributed by atoms with Crippen LogP contribution in [0.3, 0.4) is 0 Å². The Balaban J connectivity index is 1.56. The largest absolute Gasteiger partial charge is 0.436 e. The molecule has 17 heteroatoms. The number of H-pyrrole nitrogens is 1. The van der Waals surface area contributed by atoms with Crippen molar-refractivity contribution in [2.75, 3.05) is 5.32 Å². The van der Waals surface area contributed by atoms with Gasteiger partial charge in [-0.15, -0.1) is 5.10 Å². The standard InChI is InChI=1S/C21H15ClF3N11O2/c1-9-5-12-17(31-33-29-12)15(18(26)37)16(9)28-20(38)13-6-10(7-35-8-14(30-34-35)21(23,24)25)32-36(13)19-11(22)3-2-4-27-19/h2-6,8H,7H2,1H3,(H2,26,37)(H,28,38)(H,29,31,33). The number of nitrogens with zero attached hydrogens (tertiary/aromatic N) is 8. The van der Waals surface area contributed by atoms with Gasteiger partial charge in [-0.1, -0.05) is 16.8 Å². The van der Waals surface area contributed by atoms with Crippen molar-refractivity contribution in [1.29, 1.82) is 0 Å². The second-order valence-corrected chi connectivity index (χ2v) is 8.40. The fourth-order valence-corrected chi connectivity index (χ4v) is 3.93. The molecule has 0 fully saturated rings. The number of halogens is 4. The van der Waals surface area contributed by atoms with Crippen molar-refractivity contribution >= 4 is 40.1 Å². The zero-order valence-corrected chi connectivity index (χ0v) is 19.9. The number of carbonyl (C=O) groups is 2. The Hall–Kier alpha value is -4.86. The summed E-state index contributed by atoms with van der Waals surface area (Å²) in [6.07, 6.45) is -2.54. The van der Waals surface area contributed by atoms with E-state index in [2.05, 4.69) is 41.1 Å². The zero-order valence-electron chi connectivity index (χ0n) is 19.2. The van der Waals surface area contributed by atoms with Gasteiger partial charge in [-0.25, -0.2) is 14.3 Å². The molecule has 0 spiro atoms. The zero-order chi connectivity index (χ0) is 27.2. The summed E-state index contributed by atoms with van der Waals surface area (Å²) in [5.74, 6) is -1.51. The number of pyridine rings is 1. The number of aromatic amines is 1. The Morgan fingerprint density at radius 3 is 2.71 bits per heavy atom. The van der Waals surface area contributed by atoms with E-state index >= 15 is 0 Å². The van der Waals surface area contributed by atoms with Gasteiger partial charge in [0.15, 0.2) is 11.5 Å². The number of nitrogens with two attached hydrogens (primary N) is 1. The summed E-state index contributed by atoms with van der Waals surface area (Å²) in [6, 6.07) is 6.01. The molecule has 0 unspecified atom stereocenters. The topological polar surface area (TPSA) is 175 Å². The molecule has 0 saturated heterocycles. The number of carbonyl (C=O) groups excluding carboxylic acids is 2. The molecular weight excluding hydrogens is 531 g/mol. The van der Waals surface area contributed by atoms with Gasteiger partial charge in [0.1, 0.15) is 16.7 Å². The maximum atomic E-state index is 13.5. The smallest absolute Gasteiger partial charge is 0.365 e. The van der Waals surface area contributed by atoms with Crippen molar-refractivity contribution in [3.05, 3.63) is 69.9 Å². The monoisotopic (exact) mass is 545 g/mol. The molecular formula is C21H15ClF3N11O2. The quantitative estimate of drug-likeness (QED) is 0.291. The van der Waals surface area contributed by atoms with Gasteiger partial charge in [-0.2, -0.15) is 33.7 Å². The fourth-order valence-electron chi connectivity index (χ4n) is 3.73. The van der Waals surface area contributed by atoms with E-state index in [-0.39, 0.29) is 45.5 Å². The number of alkyl halides is 3. The highest BCUT2D eigenvalue weighted by atomic mass is 35.5. The summed E-state index contributed by atoms with van der Waals surface area (Å²) in [7, 11) is 0. The summed E-state index contributed by atoms with van der Waals surface area (Å²) in [5, 5.41) is 24.0. The predicted molar refractivity (Wildman–Crippen MR) is 126 cm³/mol. The van der Waals surface area contributed by atoms with Gasteiger partial charge in [-0.05, 0) is 36.8 Å². The lowest BCUT2D eigenvalue weighted by Crippen LogP contribution is -2.22. The molecule has 4 aromatic heterocycles. The molecule has 0 radical (unpaired) electrons. The molecule has 0 bridgehead atoms. The van der Waals surface area contributed by atoms with Gasteiger partial charge < -0.3 is 11.1 Å². The lowest BCUT2D eigenvalue weighted by molar-refractivity contribution is -0.141. The number of aryl methyl sites for hydroxylation is 1. The van der Waals surface area contributed by atoms with Crippen LogP contribution in [0, 0.1) is 6.92 Å². The van der Waals surface area contributed by atoms with Crippen molar-refractivity contribution in [3.63, 3.8) is 0 Å². The summed E-state index contributed by atoms with van der Waals surface area (Å²) < 4.78 is 40.8. The molecule has 0 atom stereocenters. The van der Waals surface area contributed by atoms with E-state index in [1.807, 2.05) is 0 Å². The van der Waals surface area contributed by atoms with E-state index < -0.39 is 23.7 Å². The van der Waals surface area contributed by atoms with Crippen LogP contribution in [0.2, 0.25) is 5.02 Å². The predicted octanol–water partition coefficient (Wildman–Crippen LogP) is 2.51. The van der Waals surface area contributed by atoms with E-state index in [4.69, 9.17) is 17.3 Å². The first kappa shape index (κ1) is 24.8. The number of amides is 2. The number of hydrogen-bond acceptors (Lipinski definition) is 8. The Bertz CT molecular complexity index is 1710. The van der Waals surface area contributed by atoms with Crippen molar-refractivity contribution in [2.24, 2.45) is 5.73 Å². The maximum absolute atomic E-state index is 13.5. The highest BCUT2D eigenvalue weighted by Gasteiger charge is 2.34. The highest BCUT2D eigenvalue weighted by Crippen LogP contribution is 2.29. The first-order chi connectivity index (χ1) is 18.0. The van der Waals surface area contributed by atoms with Crippen LogP contribution in [0.1, 0.15) is 37.8 Å². The number of primary amides is 1. The normalized spacial score (nSPS) is 11.7. The van der Waals surface area contributed by atoms with Gasteiger partial charge >= 0.3 is 6.18 Å².